The molecule has 150 valence electrons. The minimum atomic E-state index is -0.842. The number of rotatable bonds is 8. The molecular weight excluding hydrogens is 360 g/mol. The Kier molecular flexibility index (Phi) is 7.12. The third-order valence-electron chi connectivity index (χ3n) is 4.49. The highest BCUT2D eigenvalue weighted by atomic mass is 16.5. The largest absolute Gasteiger partial charge is 0.462 e. The first-order valence-corrected chi connectivity index (χ1v) is 9.26. The number of hydrogen-bond donors (Lipinski definition) is 3. The molecule has 0 spiro atoms. The average molecular weight is 386 g/mol. The predicted octanol–water partition coefficient (Wildman–Crippen LogP) is 2.55. The fourth-order valence-electron chi connectivity index (χ4n) is 2.90. The number of ketones is 1. The van der Waals surface area contributed by atoms with Crippen molar-refractivity contribution in [2.24, 2.45) is 0 Å². The Morgan fingerprint density at radius 2 is 1.79 bits per heavy atom. The second-order valence-corrected chi connectivity index (χ2v) is 6.55. The van der Waals surface area contributed by atoms with Crippen molar-refractivity contribution in [2.45, 2.75) is 40.2 Å². The number of carbonyl (C=O) groups excluding carboxylic acids is 3. The lowest BCUT2D eigenvalue weighted by Gasteiger charge is -2.13. The van der Waals surface area contributed by atoms with Gasteiger partial charge in [0, 0.05) is 11.3 Å². The number of benzene rings is 1. The number of Topliss-reactive ketones (excluding diaryl/α,β-unsaturated/α-hetero) is 1. The summed E-state index contributed by atoms with van der Waals surface area (Å²) in [6.45, 7) is 7.00. The Morgan fingerprint density at radius 3 is 2.32 bits per heavy atom. The molecule has 2 rings (SSSR count). The van der Waals surface area contributed by atoms with E-state index in [1.165, 1.54) is 0 Å². The van der Waals surface area contributed by atoms with Gasteiger partial charge in [-0.15, -0.1) is 0 Å². The van der Waals surface area contributed by atoms with Crippen LogP contribution in [0.2, 0.25) is 0 Å². The van der Waals surface area contributed by atoms with E-state index in [4.69, 9.17) is 4.74 Å². The lowest BCUT2D eigenvalue weighted by molar-refractivity contribution is -0.118. The molecule has 0 radical (unpaired) electrons. The Bertz CT molecular complexity index is 864. The van der Waals surface area contributed by atoms with Crippen LogP contribution in [-0.2, 0) is 9.53 Å². The molecule has 28 heavy (non-hydrogen) atoms. The molecule has 0 fully saturated rings. The summed E-state index contributed by atoms with van der Waals surface area (Å²) in [6.07, 6.45) is 0.484. The molecule has 0 unspecified atom stereocenters. The number of nitrogens with one attached hydrogen (secondary N) is 2. The van der Waals surface area contributed by atoms with Gasteiger partial charge in [0.25, 0.3) is 11.7 Å². The van der Waals surface area contributed by atoms with Crippen molar-refractivity contribution in [3.63, 3.8) is 0 Å². The van der Waals surface area contributed by atoms with Gasteiger partial charge in [-0.25, -0.2) is 4.79 Å². The summed E-state index contributed by atoms with van der Waals surface area (Å²) in [6, 6.07) is 6.79. The maximum absolute atomic E-state index is 12.8. The monoisotopic (exact) mass is 386 g/mol. The highest BCUT2D eigenvalue weighted by Crippen LogP contribution is 2.31. The van der Waals surface area contributed by atoms with E-state index in [-0.39, 0.29) is 24.5 Å². The van der Waals surface area contributed by atoms with Crippen LogP contribution >= 0.6 is 0 Å². The van der Waals surface area contributed by atoms with E-state index in [1.54, 1.807) is 32.9 Å². The van der Waals surface area contributed by atoms with Gasteiger partial charge >= 0.3 is 5.97 Å². The zero-order chi connectivity index (χ0) is 20.8. The van der Waals surface area contributed by atoms with Crippen molar-refractivity contribution in [2.75, 3.05) is 13.2 Å². The maximum atomic E-state index is 12.8. The quantitative estimate of drug-likeness (QED) is 0.367. The van der Waals surface area contributed by atoms with Gasteiger partial charge in [-0.05, 0) is 32.8 Å². The summed E-state index contributed by atoms with van der Waals surface area (Å²) in [5.74, 6) is -2.21. The number of H-pyrrole nitrogens is 1. The molecule has 1 amide bonds. The zero-order valence-electron chi connectivity index (χ0n) is 16.6. The summed E-state index contributed by atoms with van der Waals surface area (Å²) in [5.41, 5.74) is 2.69. The molecule has 2 aromatic rings. The molecule has 1 aromatic carbocycles. The van der Waals surface area contributed by atoms with Gasteiger partial charge in [-0.2, -0.15) is 0 Å². The number of aromatic nitrogens is 1. The highest BCUT2D eigenvalue weighted by molar-refractivity contribution is 6.44. The number of esters is 1. The number of ether oxygens (including phenoxy) is 1. The van der Waals surface area contributed by atoms with Crippen LogP contribution in [0.25, 0.3) is 11.1 Å². The summed E-state index contributed by atoms with van der Waals surface area (Å²) >= 11 is 0. The summed E-state index contributed by atoms with van der Waals surface area (Å²) < 4.78 is 5.14. The molecule has 7 nitrogen and oxygen atoms in total. The molecule has 0 aliphatic rings. The SMILES string of the molecule is CCOC(=O)c1c(C)[nH]c(C(=O)C(=O)N[C@H](CC)CO)c1-c1ccc(C)cc1. The van der Waals surface area contributed by atoms with Gasteiger partial charge in [0.05, 0.1) is 24.8 Å². The maximum Gasteiger partial charge on any atom is 0.340 e. The summed E-state index contributed by atoms with van der Waals surface area (Å²) in [5, 5.41) is 11.8. The molecule has 1 heterocycles. The zero-order valence-corrected chi connectivity index (χ0v) is 16.6. The summed E-state index contributed by atoms with van der Waals surface area (Å²) in [7, 11) is 0. The van der Waals surface area contributed by atoms with Crippen molar-refractivity contribution in [1.82, 2.24) is 10.3 Å². The molecule has 1 atom stereocenters. The van der Waals surface area contributed by atoms with E-state index in [9.17, 15) is 19.5 Å². The predicted molar refractivity (Wildman–Crippen MR) is 105 cm³/mol. The van der Waals surface area contributed by atoms with Crippen LogP contribution in [0.4, 0.5) is 0 Å². The van der Waals surface area contributed by atoms with Gasteiger partial charge in [0.15, 0.2) is 0 Å². The van der Waals surface area contributed by atoms with E-state index >= 15 is 0 Å². The number of hydrogen-bond acceptors (Lipinski definition) is 5. The van der Waals surface area contributed by atoms with Crippen LogP contribution in [-0.4, -0.2) is 47.0 Å². The lowest BCUT2D eigenvalue weighted by atomic mass is 9.97. The normalized spacial score (nSPS) is 11.8. The number of aliphatic hydroxyl groups is 1. The molecule has 0 aliphatic carbocycles. The van der Waals surface area contributed by atoms with Gasteiger partial charge in [0.2, 0.25) is 0 Å². The number of aromatic amines is 1. The molecule has 3 N–H and O–H groups in total. The fourth-order valence-corrected chi connectivity index (χ4v) is 2.90. The van der Waals surface area contributed by atoms with Crippen molar-refractivity contribution in [3.05, 3.63) is 46.8 Å². The van der Waals surface area contributed by atoms with Crippen molar-refractivity contribution >= 4 is 17.7 Å². The topological polar surface area (TPSA) is 108 Å². The Hall–Kier alpha value is -2.93. The fraction of sp³-hybridized carbons (Fsp3) is 0.381. The van der Waals surface area contributed by atoms with E-state index in [1.807, 2.05) is 19.1 Å². The molecule has 1 aromatic heterocycles. The minimum Gasteiger partial charge on any atom is -0.462 e. The number of amides is 1. The standard InChI is InChI=1S/C21H26N2O5/c1-5-15(11-24)23-20(26)19(25)18-17(14-9-7-12(3)8-10-14)16(13(4)22-18)21(27)28-6-2/h7-10,15,22,24H,5-6,11H2,1-4H3,(H,23,26)/t15-/m1/s1. The van der Waals surface area contributed by atoms with Crippen LogP contribution in [0.5, 0.6) is 0 Å². The highest BCUT2D eigenvalue weighted by Gasteiger charge is 2.30. The number of aryl methyl sites for hydroxylation is 2. The van der Waals surface area contributed by atoms with Crippen LogP contribution in [0, 0.1) is 13.8 Å². The third-order valence-corrected chi connectivity index (χ3v) is 4.49. The molecule has 7 heteroatoms. The van der Waals surface area contributed by atoms with Crippen LogP contribution < -0.4 is 5.32 Å². The number of aliphatic hydroxyl groups excluding tert-OH is 1. The summed E-state index contributed by atoms with van der Waals surface area (Å²) in [4.78, 5) is 40.7. The molecule has 0 saturated heterocycles. The second-order valence-electron chi connectivity index (χ2n) is 6.55. The first-order chi connectivity index (χ1) is 13.3. The molecule has 0 aliphatic heterocycles. The first kappa shape index (κ1) is 21.4. The van der Waals surface area contributed by atoms with E-state index in [0.29, 0.717) is 23.2 Å². The van der Waals surface area contributed by atoms with Crippen LogP contribution in [0.1, 0.15) is 52.4 Å². The van der Waals surface area contributed by atoms with E-state index in [0.717, 1.165) is 5.56 Å². The molecule has 0 bridgehead atoms. The first-order valence-electron chi connectivity index (χ1n) is 9.26. The second kappa shape index (κ2) is 9.32. The number of carbonyl (C=O) groups is 3. The molecular formula is C21H26N2O5. The lowest BCUT2D eigenvalue weighted by Crippen LogP contribution is -2.41. The van der Waals surface area contributed by atoms with Crippen LogP contribution in [0.3, 0.4) is 0 Å². The van der Waals surface area contributed by atoms with Crippen molar-refractivity contribution < 1.29 is 24.2 Å². The molecule has 0 saturated carbocycles. The Labute approximate surface area is 164 Å². The average Bonchev–Trinajstić information content (AvgIpc) is 3.03. The van der Waals surface area contributed by atoms with Crippen molar-refractivity contribution in [1.29, 1.82) is 0 Å². The Balaban J connectivity index is 2.56. The van der Waals surface area contributed by atoms with Crippen LogP contribution in [0.15, 0.2) is 24.3 Å². The van der Waals surface area contributed by atoms with Gasteiger partial charge in [-0.1, -0.05) is 36.8 Å². The Morgan fingerprint density at radius 1 is 1.14 bits per heavy atom. The van der Waals surface area contributed by atoms with E-state index in [2.05, 4.69) is 10.3 Å². The van der Waals surface area contributed by atoms with E-state index < -0.39 is 23.7 Å². The third kappa shape index (κ3) is 4.48. The van der Waals surface area contributed by atoms with Crippen molar-refractivity contribution in [3.8, 4) is 11.1 Å². The van der Waals surface area contributed by atoms with Gasteiger partial charge < -0.3 is 20.1 Å². The minimum absolute atomic E-state index is 0.0229. The van der Waals surface area contributed by atoms with Gasteiger partial charge in [-0.3, -0.25) is 9.59 Å². The van der Waals surface area contributed by atoms with Gasteiger partial charge in [0.1, 0.15) is 5.69 Å². The smallest absolute Gasteiger partial charge is 0.340 e.